The van der Waals surface area contributed by atoms with Crippen LogP contribution in [0.4, 0.5) is 11.5 Å². The number of amides is 2. The Morgan fingerprint density at radius 1 is 0.931 bits per heavy atom. The Morgan fingerprint density at radius 3 is 2.17 bits per heavy atom. The minimum Gasteiger partial charge on any atom is -0.326 e. The van der Waals surface area contributed by atoms with Gasteiger partial charge in [-0.05, 0) is 50.2 Å². The summed E-state index contributed by atoms with van der Waals surface area (Å²) in [6.07, 6.45) is 0.0400. The van der Waals surface area contributed by atoms with Gasteiger partial charge in [0.2, 0.25) is 11.8 Å². The first-order valence-corrected chi connectivity index (χ1v) is 9.76. The molecule has 152 valence electrons. The van der Waals surface area contributed by atoms with Crippen LogP contribution < -0.4 is 16.3 Å². The molecule has 2 heterocycles. The van der Waals surface area contributed by atoms with Crippen LogP contribution in [0.5, 0.6) is 0 Å². The van der Waals surface area contributed by atoms with E-state index in [0.717, 1.165) is 5.52 Å². The van der Waals surface area contributed by atoms with Gasteiger partial charge in [-0.2, -0.15) is 0 Å². The Kier molecular flexibility index (Phi) is 6.33. The van der Waals surface area contributed by atoms with E-state index in [1.807, 2.05) is 13.8 Å². The maximum Gasteiger partial charge on any atom is 0.330 e. The number of carbonyl (C=O) groups excluding carboxylic acids is 2. The Hall–Kier alpha value is -3.13. The van der Waals surface area contributed by atoms with E-state index in [4.69, 9.17) is 11.6 Å². The van der Waals surface area contributed by atoms with Crippen LogP contribution in [0.2, 0.25) is 5.02 Å². The maximum absolute atomic E-state index is 12.4. The predicted octanol–water partition coefficient (Wildman–Crippen LogP) is 3.25. The highest BCUT2D eigenvalue weighted by molar-refractivity contribution is 6.30. The van der Waals surface area contributed by atoms with Gasteiger partial charge >= 0.3 is 5.69 Å². The van der Waals surface area contributed by atoms with E-state index >= 15 is 0 Å². The molecule has 3 aromatic rings. The number of aromatic nitrogens is 3. The van der Waals surface area contributed by atoms with Crippen LogP contribution in [-0.4, -0.2) is 25.9 Å². The number of rotatable bonds is 7. The summed E-state index contributed by atoms with van der Waals surface area (Å²) in [5.41, 5.74) is 1.74. The van der Waals surface area contributed by atoms with Crippen molar-refractivity contribution in [3.63, 3.8) is 0 Å². The third kappa shape index (κ3) is 4.65. The standard InChI is InChI=1S/C20H22ClN5O3/c1-3-25-15-9-10-16(24-19(15)26(4-2)20(25)29)23-18(28)12-11-17(27)22-14-7-5-13(21)6-8-14/h5-10H,3-4,11-12H2,1-2H3,(H,22,27)(H,23,24,28). The van der Waals surface area contributed by atoms with Crippen molar-refractivity contribution in [1.82, 2.24) is 14.1 Å². The van der Waals surface area contributed by atoms with Crippen molar-refractivity contribution in [3.8, 4) is 0 Å². The minimum absolute atomic E-state index is 0.00962. The molecule has 2 amide bonds. The zero-order chi connectivity index (χ0) is 21.0. The number of benzene rings is 1. The highest BCUT2D eigenvalue weighted by Gasteiger charge is 2.14. The molecule has 0 aliphatic carbocycles. The van der Waals surface area contributed by atoms with Crippen LogP contribution in [0.3, 0.4) is 0 Å². The third-order valence-electron chi connectivity index (χ3n) is 4.47. The molecule has 9 heteroatoms. The normalized spacial score (nSPS) is 10.9. The summed E-state index contributed by atoms with van der Waals surface area (Å²) < 4.78 is 3.20. The van der Waals surface area contributed by atoms with Crippen molar-refractivity contribution in [2.24, 2.45) is 0 Å². The molecular weight excluding hydrogens is 394 g/mol. The number of imidazole rings is 1. The van der Waals surface area contributed by atoms with E-state index in [2.05, 4.69) is 15.6 Å². The molecule has 29 heavy (non-hydrogen) atoms. The molecule has 0 saturated heterocycles. The first-order chi connectivity index (χ1) is 13.9. The van der Waals surface area contributed by atoms with E-state index in [9.17, 15) is 14.4 Å². The number of nitrogens with zero attached hydrogens (tertiary/aromatic N) is 3. The molecule has 1 aromatic carbocycles. The second kappa shape index (κ2) is 8.91. The fourth-order valence-electron chi connectivity index (χ4n) is 3.04. The average Bonchev–Trinajstić information content (AvgIpc) is 2.98. The molecule has 0 fully saturated rings. The van der Waals surface area contributed by atoms with Gasteiger partial charge in [0.1, 0.15) is 5.82 Å². The minimum atomic E-state index is -0.330. The van der Waals surface area contributed by atoms with Crippen molar-refractivity contribution < 1.29 is 9.59 Å². The molecule has 2 aromatic heterocycles. The molecule has 0 saturated carbocycles. The van der Waals surface area contributed by atoms with Crippen LogP contribution in [0.1, 0.15) is 26.7 Å². The van der Waals surface area contributed by atoms with Crippen molar-refractivity contribution in [3.05, 3.63) is 51.9 Å². The van der Waals surface area contributed by atoms with Gasteiger partial charge in [-0.1, -0.05) is 11.6 Å². The molecule has 0 aliphatic rings. The van der Waals surface area contributed by atoms with Gasteiger partial charge in [-0.15, -0.1) is 0 Å². The van der Waals surface area contributed by atoms with Crippen LogP contribution in [-0.2, 0) is 22.7 Å². The largest absolute Gasteiger partial charge is 0.330 e. The molecule has 0 bridgehead atoms. The smallest absolute Gasteiger partial charge is 0.326 e. The third-order valence-corrected chi connectivity index (χ3v) is 4.72. The van der Waals surface area contributed by atoms with E-state index in [0.29, 0.717) is 35.3 Å². The Bertz CT molecular complexity index is 1100. The molecule has 2 N–H and O–H groups in total. The van der Waals surface area contributed by atoms with Gasteiger partial charge in [-0.25, -0.2) is 9.78 Å². The number of hydrogen-bond donors (Lipinski definition) is 2. The zero-order valence-corrected chi connectivity index (χ0v) is 17.0. The lowest BCUT2D eigenvalue weighted by Crippen LogP contribution is -2.23. The summed E-state index contributed by atoms with van der Waals surface area (Å²) in [6, 6.07) is 10.1. The SMILES string of the molecule is CCn1c(=O)n(CC)c2nc(NC(=O)CCC(=O)Nc3ccc(Cl)cc3)ccc21. The second-order valence-electron chi connectivity index (χ2n) is 6.41. The highest BCUT2D eigenvalue weighted by atomic mass is 35.5. The molecule has 0 aliphatic heterocycles. The Morgan fingerprint density at radius 2 is 1.55 bits per heavy atom. The van der Waals surface area contributed by atoms with Gasteiger partial charge in [0.15, 0.2) is 5.65 Å². The molecule has 0 atom stereocenters. The van der Waals surface area contributed by atoms with Crippen molar-refractivity contribution in [1.29, 1.82) is 0 Å². The fourth-order valence-corrected chi connectivity index (χ4v) is 3.17. The van der Waals surface area contributed by atoms with E-state index in [-0.39, 0.29) is 30.3 Å². The average molecular weight is 416 g/mol. The lowest BCUT2D eigenvalue weighted by atomic mass is 10.2. The summed E-state index contributed by atoms with van der Waals surface area (Å²) in [7, 11) is 0. The molecule has 8 nitrogen and oxygen atoms in total. The van der Waals surface area contributed by atoms with Gasteiger partial charge in [0, 0.05) is 36.6 Å². The summed E-state index contributed by atoms with van der Waals surface area (Å²) in [5, 5.41) is 5.97. The number of aryl methyl sites for hydroxylation is 2. The van der Waals surface area contributed by atoms with Crippen LogP contribution >= 0.6 is 11.6 Å². The quantitative estimate of drug-likeness (QED) is 0.618. The Balaban J connectivity index is 1.63. The Labute approximate surface area is 172 Å². The van der Waals surface area contributed by atoms with Crippen LogP contribution in [0.15, 0.2) is 41.2 Å². The van der Waals surface area contributed by atoms with Gasteiger partial charge in [0.25, 0.3) is 0 Å². The number of halogens is 1. The predicted molar refractivity (Wildman–Crippen MR) is 113 cm³/mol. The lowest BCUT2D eigenvalue weighted by Gasteiger charge is -2.07. The van der Waals surface area contributed by atoms with E-state index in [1.165, 1.54) is 0 Å². The molecule has 0 spiro atoms. The number of carbonyl (C=O) groups is 2. The van der Waals surface area contributed by atoms with Crippen molar-refractivity contribution >= 4 is 46.1 Å². The monoisotopic (exact) mass is 415 g/mol. The molecule has 0 radical (unpaired) electrons. The number of hydrogen-bond acceptors (Lipinski definition) is 4. The molecular formula is C20H22ClN5O3. The van der Waals surface area contributed by atoms with Gasteiger partial charge in [0.05, 0.1) is 5.52 Å². The highest BCUT2D eigenvalue weighted by Crippen LogP contribution is 2.16. The summed E-state index contributed by atoms with van der Waals surface area (Å²) >= 11 is 5.81. The lowest BCUT2D eigenvalue weighted by molar-refractivity contribution is -0.121. The van der Waals surface area contributed by atoms with E-state index < -0.39 is 0 Å². The number of nitrogens with one attached hydrogen (secondary N) is 2. The summed E-state index contributed by atoms with van der Waals surface area (Å²) in [5.74, 6) is -0.259. The summed E-state index contributed by atoms with van der Waals surface area (Å²) in [4.78, 5) is 41.0. The summed E-state index contributed by atoms with van der Waals surface area (Å²) in [6.45, 7) is 4.79. The van der Waals surface area contributed by atoms with E-state index in [1.54, 1.807) is 45.5 Å². The van der Waals surface area contributed by atoms with Crippen LogP contribution in [0, 0.1) is 0 Å². The fraction of sp³-hybridized carbons (Fsp3) is 0.300. The first-order valence-electron chi connectivity index (χ1n) is 9.38. The zero-order valence-electron chi connectivity index (χ0n) is 16.2. The number of anilines is 2. The molecule has 0 unspecified atom stereocenters. The van der Waals surface area contributed by atoms with Crippen LogP contribution in [0.25, 0.3) is 11.2 Å². The topological polar surface area (TPSA) is 98.0 Å². The second-order valence-corrected chi connectivity index (χ2v) is 6.85. The van der Waals surface area contributed by atoms with Gasteiger partial charge in [-0.3, -0.25) is 18.7 Å². The maximum atomic E-state index is 12.4. The molecule has 3 rings (SSSR count). The number of pyridine rings is 1. The number of fused-ring (bicyclic) bond motifs is 1. The van der Waals surface area contributed by atoms with Crippen molar-refractivity contribution in [2.45, 2.75) is 39.8 Å². The first kappa shape index (κ1) is 20.6. The van der Waals surface area contributed by atoms with Gasteiger partial charge < -0.3 is 10.6 Å². The van der Waals surface area contributed by atoms with Crippen molar-refractivity contribution in [2.75, 3.05) is 10.6 Å².